The molecule has 0 unspecified atom stereocenters. The number of para-hydroxylation sites is 3. The van der Waals surface area contributed by atoms with Crippen LogP contribution in [0.25, 0.3) is 50.2 Å². The van der Waals surface area contributed by atoms with Gasteiger partial charge in [-0.1, -0.05) is 86.7 Å². The van der Waals surface area contributed by atoms with Crippen molar-refractivity contribution in [1.82, 2.24) is 9.13 Å². The van der Waals surface area contributed by atoms with Crippen molar-refractivity contribution < 1.29 is 0 Å². The maximum absolute atomic E-state index is 2.46. The van der Waals surface area contributed by atoms with E-state index < -0.39 is 0 Å². The van der Waals surface area contributed by atoms with E-state index in [2.05, 4.69) is 118 Å². The molecule has 0 radical (unpaired) electrons. The number of aromatic nitrogens is 2. The lowest BCUT2D eigenvalue weighted by Crippen LogP contribution is -2.04. The van der Waals surface area contributed by atoms with Crippen molar-refractivity contribution in [2.75, 3.05) is 0 Å². The second-order valence-corrected chi connectivity index (χ2v) is 8.54. The number of benzene rings is 4. The smallest absolute Gasteiger partial charge is 0.0541 e. The van der Waals surface area contributed by atoms with E-state index in [1.54, 1.807) is 0 Å². The molecule has 2 aromatic heterocycles. The molecule has 4 aromatic carbocycles. The first kappa shape index (κ1) is 20.6. The van der Waals surface area contributed by atoms with Gasteiger partial charge in [0.05, 0.1) is 16.6 Å². The van der Waals surface area contributed by atoms with Gasteiger partial charge in [-0.05, 0) is 49.2 Å². The van der Waals surface area contributed by atoms with E-state index in [4.69, 9.17) is 0 Å². The summed E-state index contributed by atoms with van der Waals surface area (Å²) in [6.07, 6.45) is 6.76. The molecule has 0 aliphatic heterocycles. The van der Waals surface area contributed by atoms with E-state index in [0.717, 1.165) is 12.8 Å². The van der Waals surface area contributed by atoms with Crippen LogP contribution in [0.4, 0.5) is 0 Å². The molecule has 6 aromatic rings. The molecule has 1 aliphatic rings. The monoisotopic (exact) mass is 440 g/mol. The molecule has 1 aliphatic carbocycles. The minimum atomic E-state index is 1.07. The van der Waals surface area contributed by atoms with Crippen LogP contribution in [-0.4, -0.2) is 9.13 Å². The third-order valence-corrected chi connectivity index (χ3v) is 6.77. The second-order valence-electron chi connectivity index (χ2n) is 8.54. The fraction of sp³-hybridized carbons (Fsp3) is 0.125. The summed E-state index contributed by atoms with van der Waals surface area (Å²) in [5, 5.41) is 3.92. The lowest BCUT2D eigenvalue weighted by molar-refractivity contribution is 0.888. The summed E-state index contributed by atoms with van der Waals surface area (Å²) in [6.45, 7) is 4.00. The standard InChI is InChI=1S/C30H22N2.C2H6/c1-5-16-27-23(12-1)24-13-2-6-17-28(24)31(27)21-10-9-11-22(20-21)32-29-18-7-3-14-25(29)26-15-4-8-19-30(26)32;1-2/h1-7,9-18,20H,8,19H2;1-2H3. The third-order valence-electron chi connectivity index (χ3n) is 6.77. The molecule has 0 saturated carbocycles. The molecular weight excluding hydrogens is 412 g/mol. The van der Waals surface area contributed by atoms with E-state index >= 15 is 0 Å². The van der Waals surface area contributed by atoms with Crippen LogP contribution in [0.15, 0.2) is 103 Å². The third kappa shape index (κ3) is 3.03. The Bertz CT molecular complexity index is 1620. The van der Waals surface area contributed by atoms with Crippen molar-refractivity contribution in [3.63, 3.8) is 0 Å². The Kier molecular flexibility index (Phi) is 5.07. The Morgan fingerprint density at radius 2 is 1.09 bits per heavy atom. The Hall–Kier alpha value is -4.04. The summed E-state index contributed by atoms with van der Waals surface area (Å²) >= 11 is 0. The quantitative estimate of drug-likeness (QED) is 0.255. The molecule has 0 spiro atoms. The van der Waals surface area contributed by atoms with Crippen molar-refractivity contribution in [3.05, 3.63) is 114 Å². The summed E-state index contributed by atoms with van der Waals surface area (Å²) in [6, 6.07) is 35.2. The number of nitrogens with zero attached hydrogens (tertiary/aromatic N) is 2. The van der Waals surface area contributed by atoms with Crippen LogP contribution >= 0.6 is 0 Å². The molecular formula is C32H28N2. The summed E-state index contributed by atoms with van der Waals surface area (Å²) in [5.74, 6) is 0. The topological polar surface area (TPSA) is 9.86 Å². The van der Waals surface area contributed by atoms with Gasteiger partial charge >= 0.3 is 0 Å². The van der Waals surface area contributed by atoms with Gasteiger partial charge in [-0.3, -0.25) is 0 Å². The summed E-state index contributed by atoms with van der Waals surface area (Å²) < 4.78 is 4.86. The first-order chi connectivity index (χ1) is 16.9. The van der Waals surface area contributed by atoms with Gasteiger partial charge in [0.2, 0.25) is 0 Å². The van der Waals surface area contributed by atoms with Crippen LogP contribution in [0, 0.1) is 0 Å². The second kappa shape index (κ2) is 8.39. The lowest BCUT2D eigenvalue weighted by atomic mass is 10.0. The van der Waals surface area contributed by atoms with Gasteiger partial charge in [0.25, 0.3) is 0 Å². The van der Waals surface area contributed by atoms with Crippen molar-refractivity contribution >= 4 is 38.8 Å². The van der Waals surface area contributed by atoms with Gasteiger partial charge in [-0.2, -0.15) is 0 Å². The molecule has 166 valence electrons. The van der Waals surface area contributed by atoms with Crippen molar-refractivity contribution in [3.8, 4) is 11.4 Å². The van der Waals surface area contributed by atoms with E-state index in [1.807, 2.05) is 13.8 Å². The minimum absolute atomic E-state index is 1.07. The molecule has 0 N–H and O–H groups in total. The number of rotatable bonds is 2. The Balaban J connectivity index is 0.00000106. The SMILES string of the molecule is C1=Cc2c(n(-c3cccc(-n4c5ccccc5c5ccccc54)c3)c3ccccc23)CC1.CC. The zero-order chi connectivity index (χ0) is 23.1. The summed E-state index contributed by atoms with van der Waals surface area (Å²) in [7, 11) is 0. The highest BCUT2D eigenvalue weighted by Gasteiger charge is 2.19. The van der Waals surface area contributed by atoms with Crippen LogP contribution in [0.2, 0.25) is 0 Å². The molecule has 0 atom stereocenters. The molecule has 0 saturated heterocycles. The molecule has 2 nitrogen and oxygen atoms in total. The Morgan fingerprint density at radius 1 is 0.559 bits per heavy atom. The molecule has 2 heteroatoms. The average Bonchev–Trinajstić information content (AvgIpc) is 3.43. The van der Waals surface area contributed by atoms with E-state index in [0.29, 0.717) is 0 Å². The average molecular weight is 441 g/mol. The number of fused-ring (bicyclic) bond motifs is 6. The maximum atomic E-state index is 2.46. The maximum Gasteiger partial charge on any atom is 0.0541 e. The summed E-state index contributed by atoms with van der Waals surface area (Å²) in [5.41, 5.74) is 8.96. The van der Waals surface area contributed by atoms with Crippen molar-refractivity contribution in [1.29, 1.82) is 0 Å². The van der Waals surface area contributed by atoms with Gasteiger partial charge < -0.3 is 9.13 Å². The highest BCUT2D eigenvalue weighted by Crippen LogP contribution is 2.36. The Labute approximate surface area is 200 Å². The highest BCUT2D eigenvalue weighted by molar-refractivity contribution is 6.09. The van der Waals surface area contributed by atoms with Crippen molar-refractivity contribution in [2.45, 2.75) is 26.7 Å². The fourth-order valence-electron chi connectivity index (χ4n) is 5.44. The van der Waals surface area contributed by atoms with Gasteiger partial charge in [-0.25, -0.2) is 0 Å². The van der Waals surface area contributed by atoms with Crippen molar-refractivity contribution in [2.24, 2.45) is 0 Å². The van der Waals surface area contributed by atoms with Crippen LogP contribution in [0.3, 0.4) is 0 Å². The van der Waals surface area contributed by atoms with E-state index in [1.165, 1.54) is 55.3 Å². The normalized spacial score (nSPS) is 12.6. The molecule has 7 rings (SSSR count). The summed E-state index contributed by atoms with van der Waals surface area (Å²) in [4.78, 5) is 0. The highest BCUT2D eigenvalue weighted by atomic mass is 15.0. The number of allylic oxidation sites excluding steroid dienone is 1. The molecule has 0 amide bonds. The molecule has 34 heavy (non-hydrogen) atoms. The first-order valence-corrected chi connectivity index (χ1v) is 12.3. The zero-order valence-corrected chi connectivity index (χ0v) is 19.7. The van der Waals surface area contributed by atoms with Crippen LogP contribution in [-0.2, 0) is 6.42 Å². The molecule has 0 fully saturated rings. The lowest BCUT2D eigenvalue weighted by Gasteiger charge is -2.15. The van der Waals surface area contributed by atoms with E-state index in [-0.39, 0.29) is 0 Å². The largest absolute Gasteiger partial charge is 0.313 e. The van der Waals surface area contributed by atoms with Gasteiger partial charge in [0.1, 0.15) is 0 Å². The number of hydrogen-bond donors (Lipinski definition) is 0. The predicted octanol–water partition coefficient (Wildman–Crippen LogP) is 8.71. The molecule has 2 heterocycles. The van der Waals surface area contributed by atoms with Gasteiger partial charge in [0, 0.05) is 38.8 Å². The Morgan fingerprint density at radius 3 is 1.74 bits per heavy atom. The van der Waals surface area contributed by atoms with Gasteiger partial charge in [0.15, 0.2) is 0 Å². The van der Waals surface area contributed by atoms with Crippen LogP contribution in [0.5, 0.6) is 0 Å². The zero-order valence-electron chi connectivity index (χ0n) is 19.7. The predicted molar refractivity (Wildman–Crippen MR) is 146 cm³/mol. The minimum Gasteiger partial charge on any atom is -0.313 e. The van der Waals surface area contributed by atoms with Gasteiger partial charge in [-0.15, -0.1) is 0 Å². The fourth-order valence-corrected chi connectivity index (χ4v) is 5.44. The number of hydrogen-bond acceptors (Lipinski definition) is 0. The van der Waals surface area contributed by atoms with E-state index in [9.17, 15) is 0 Å². The van der Waals surface area contributed by atoms with Crippen LogP contribution < -0.4 is 0 Å². The molecule has 0 bridgehead atoms. The first-order valence-electron chi connectivity index (χ1n) is 12.3. The van der Waals surface area contributed by atoms with Crippen LogP contribution in [0.1, 0.15) is 31.5 Å².